The third-order valence-electron chi connectivity index (χ3n) is 3.31. The standard InChI is InChI=1S/C20H25NO3/c1-20(2,3)24-19(22)6-4-5-15-7-11-17(12-8-15)23-18-13-9-16(21)10-14-18/h7-14H,4-6,21H2,1-3H3. The summed E-state index contributed by atoms with van der Waals surface area (Å²) in [6.45, 7) is 5.64. The van der Waals surface area contributed by atoms with Gasteiger partial charge in [0.2, 0.25) is 0 Å². The molecule has 2 N–H and O–H groups in total. The average molecular weight is 327 g/mol. The molecule has 0 saturated carbocycles. The van der Waals surface area contributed by atoms with Crippen LogP contribution in [0.1, 0.15) is 39.2 Å². The number of ether oxygens (including phenoxy) is 2. The molecular formula is C20H25NO3. The van der Waals surface area contributed by atoms with E-state index < -0.39 is 5.60 Å². The summed E-state index contributed by atoms with van der Waals surface area (Å²) in [5, 5.41) is 0. The fourth-order valence-electron chi connectivity index (χ4n) is 2.23. The number of esters is 1. The third kappa shape index (κ3) is 6.32. The summed E-state index contributed by atoms with van der Waals surface area (Å²) < 4.78 is 11.1. The second-order valence-electron chi connectivity index (χ2n) is 6.76. The molecule has 0 atom stereocenters. The van der Waals surface area contributed by atoms with Gasteiger partial charge in [-0.25, -0.2) is 0 Å². The molecule has 0 aromatic heterocycles. The molecule has 0 aliphatic carbocycles. The van der Waals surface area contributed by atoms with Crippen LogP contribution in [-0.4, -0.2) is 11.6 Å². The Morgan fingerprint density at radius 3 is 2.04 bits per heavy atom. The Bertz CT molecular complexity index is 655. The fourth-order valence-corrected chi connectivity index (χ4v) is 2.23. The molecule has 0 spiro atoms. The van der Waals surface area contributed by atoms with Crippen molar-refractivity contribution in [2.75, 3.05) is 5.73 Å². The minimum absolute atomic E-state index is 0.147. The van der Waals surface area contributed by atoms with Crippen molar-refractivity contribution in [2.45, 2.75) is 45.6 Å². The first-order valence-electron chi connectivity index (χ1n) is 8.16. The number of benzene rings is 2. The molecule has 0 bridgehead atoms. The van der Waals surface area contributed by atoms with Crippen molar-refractivity contribution in [2.24, 2.45) is 0 Å². The molecule has 4 heteroatoms. The number of hydrogen-bond acceptors (Lipinski definition) is 4. The van der Waals surface area contributed by atoms with Crippen LogP contribution in [0, 0.1) is 0 Å². The normalized spacial score (nSPS) is 11.1. The van der Waals surface area contributed by atoms with Crippen LogP contribution in [0.3, 0.4) is 0 Å². The summed E-state index contributed by atoms with van der Waals surface area (Å²) in [5.41, 5.74) is 7.11. The molecule has 0 amide bonds. The summed E-state index contributed by atoms with van der Waals surface area (Å²) in [4.78, 5) is 11.7. The van der Waals surface area contributed by atoms with E-state index in [2.05, 4.69) is 0 Å². The van der Waals surface area contributed by atoms with Crippen molar-refractivity contribution in [3.8, 4) is 11.5 Å². The van der Waals surface area contributed by atoms with Gasteiger partial charge in [-0.2, -0.15) is 0 Å². The van der Waals surface area contributed by atoms with Gasteiger partial charge in [-0.1, -0.05) is 12.1 Å². The van der Waals surface area contributed by atoms with Crippen LogP contribution >= 0.6 is 0 Å². The second kappa shape index (κ2) is 7.86. The number of aryl methyl sites for hydroxylation is 1. The van der Waals surface area contributed by atoms with Gasteiger partial charge in [0.25, 0.3) is 0 Å². The van der Waals surface area contributed by atoms with Crippen LogP contribution in [0.15, 0.2) is 48.5 Å². The highest BCUT2D eigenvalue weighted by Crippen LogP contribution is 2.23. The van der Waals surface area contributed by atoms with Crippen LogP contribution in [0.2, 0.25) is 0 Å². The highest BCUT2D eigenvalue weighted by atomic mass is 16.6. The van der Waals surface area contributed by atoms with E-state index in [1.165, 1.54) is 5.56 Å². The van der Waals surface area contributed by atoms with Crippen molar-refractivity contribution < 1.29 is 14.3 Å². The Labute approximate surface area is 143 Å². The van der Waals surface area contributed by atoms with Crippen molar-refractivity contribution in [3.05, 3.63) is 54.1 Å². The largest absolute Gasteiger partial charge is 0.460 e. The first-order chi connectivity index (χ1) is 11.3. The van der Waals surface area contributed by atoms with Crippen molar-refractivity contribution >= 4 is 11.7 Å². The van der Waals surface area contributed by atoms with E-state index >= 15 is 0 Å². The number of hydrogen-bond donors (Lipinski definition) is 1. The zero-order valence-electron chi connectivity index (χ0n) is 14.5. The first kappa shape index (κ1) is 17.9. The van der Waals surface area contributed by atoms with Gasteiger partial charge in [0, 0.05) is 12.1 Å². The monoisotopic (exact) mass is 327 g/mol. The summed E-state index contributed by atoms with van der Waals surface area (Å²) >= 11 is 0. The van der Waals surface area contributed by atoms with E-state index in [-0.39, 0.29) is 5.97 Å². The number of anilines is 1. The highest BCUT2D eigenvalue weighted by molar-refractivity contribution is 5.69. The van der Waals surface area contributed by atoms with E-state index in [1.54, 1.807) is 12.1 Å². The van der Waals surface area contributed by atoms with Crippen LogP contribution < -0.4 is 10.5 Å². The molecule has 128 valence electrons. The molecular weight excluding hydrogens is 302 g/mol. The van der Waals surface area contributed by atoms with Crippen LogP contribution in [-0.2, 0) is 16.0 Å². The van der Waals surface area contributed by atoms with Gasteiger partial charge < -0.3 is 15.2 Å². The number of carbonyl (C=O) groups is 1. The topological polar surface area (TPSA) is 61.5 Å². The van der Waals surface area contributed by atoms with Crippen molar-refractivity contribution in [1.29, 1.82) is 0 Å². The van der Waals surface area contributed by atoms with Crippen molar-refractivity contribution in [3.63, 3.8) is 0 Å². The van der Waals surface area contributed by atoms with Gasteiger partial charge in [0.1, 0.15) is 17.1 Å². The Balaban J connectivity index is 1.79. The summed E-state index contributed by atoms with van der Waals surface area (Å²) in [6, 6.07) is 15.2. The Morgan fingerprint density at radius 1 is 0.958 bits per heavy atom. The third-order valence-corrected chi connectivity index (χ3v) is 3.31. The lowest BCUT2D eigenvalue weighted by Gasteiger charge is -2.19. The molecule has 0 aliphatic heterocycles. The minimum atomic E-state index is -0.418. The first-order valence-corrected chi connectivity index (χ1v) is 8.16. The van der Waals surface area contributed by atoms with Crippen molar-refractivity contribution in [1.82, 2.24) is 0 Å². The molecule has 24 heavy (non-hydrogen) atoms. The molecule has 2 rings (SSSR count). The van der Waals surface area contributed by atoms with Gasteiger partial charge in [-0.05, 0) is 75.6 Å². The molecule has 0 heterocycles. The number of nitrogen functional groups attached to an aromatic ring is 1. The second-order valence-corrected chi connectivity index (χ2v) is 6.76. The minimum Gasteiger partial charge on any atom is -0.460 e. The van der Waals surface area contributed by atoms with Gasteiger partial charge in [0.05, 0.1) is 0 Å². The molecule has 0 aliphatic rings. The molecule has 4 nitrogen and oxygen atoms in total. The molecule has 0 fully saturated rings. The van der Waals surface area contributed by atoms with E-state index in [9.17, 15) is 4.79 Å². The maximum Gasteiger partial charge on any atom is 0.306 e. The number of rotatable bonds is 6. The van der Waals surface area contributed by atoms with E-state index in [0.717, 1.165) is 24.3 Å². The van der Waals surface area contributed by atoms with Gasteiger partial charge in [-0.3, -0.25) is 4.79 Å². The predicted octanol–water partition coefficient (Wildman–Crippen LogP) is 4.73. The molecule has 2 aromatic rings. The fraction of sp³-hybridized carbons (Fsp3) is 0.350. The van der Waals surface area contributed by atoms with E-state index in [0.29, 0.717) is 12.1 Å². The zero-order valence-corrected chi connectivity index (χ0v) is 14.5. The quantitative estimate of drug-likeness (QED) is 0.615. The summed E-state index contributed by atoms with van der Waals surface area (Å²) in [6.07, 6.45) is 2.04. The summed E-state index contributed by atoms with van der Waals surface area (Å²) in [7, 11) is 0. The maximum atomic E-state index is 11.7. The van der Waals surface area contributed by atoms with Gasteiger partial charge in [0.15, 0.2) is 0 Å². The van der Waals surface area contributed by atoms with Gasteiger partial charge in [-0.15, -0.1) is 0 Å². The lowest BCUT2D eigenvalue weighted by atomic mass is 10.1. The van der Waals surface area contributed by atoms with Crippen LogP contribution in [0.4, 0.5) is 5.69 Å². The summed E-state index contributed by atoms with van der Waals surface area (Å²) in [5.74, 6) is 1.38. The Hall–Kier alpha value is -2.49. The molecule has 2 aromatic carbocycles. The van der Waals surface area contributed by atoms with Crippen LogP contribution in [0.5, 0.6) is 11.5 Å². The Morgan fingerprint density at radius 2 is 1.50 bits per heavy atom. The van der Waals surface area contributed by atoms with E-state index in [4.69, 9.17) is 15.2 Å². The maximum absolute atomic E-state index is 11.7. The molecule has 0 saturated heterocycles. The van der Waals surface area contributed by atoms with Gasteiger partial charge >= 0.3 is 5.97 Å². The SMILES string of the molecule is CC(C)(C)OC(=O)CCCc1ccc(Oc2ccc(N)cc2)cc1. The van der Waals surface area contributed by atoms with E-state index in [1.807, 2.05) is 57.2 Å². The average Bonchev–Trinajstić information content (AvgIpc) is 2.49. The molecule has 0 radical (unpaired) electrons. The lowest BCUT2D eigenvalue weighted by Crippen LogP contribution is -2.23. The lowest BCUT2D eigenvalue weighted by molar-refractivity contribution is -0.154. The number of carbonyl (C=O) groups excluding carboxylic acids is 1. The highest BCUT2D eigenvalue weighted by Gasteiger charge is 2.15. The number of nitrogens with two attached hydrogens (primary N) is 1. The molecule has 0 unspecified atom stereocenters. The van der Waals surface area contributed by atoms with Crippen LogP contribution in [0.25, 0.3) is 0 Å². The zero-order chi connectivity index (χ0) is 17.6. The Kier molecular flexibility index (Phi) is 5.85. The smallest absolute Gasteiger partial charge is 0.306 e. The predicted molar refractivity (Wildman–Crippen MR) is 96.2 cm³/mol.